The highest BCUT2D eigenvalue weighted by atomic mass is 33.1. The molecule has 1 fully saturated rings. The number of nitrogens with one attached hydrogen (secondary N) is 3. The SMILES string of the molecule is CCNC(=O)C(=O)[C@H](Cc1ccc(F)c(F)c1)NC(=O)[C@@H](NC(=O)CCCCC1CCSS1=O)C(C)C. The Hall–Kier alpha value is -2.34. The molecule has 0 saturated carbocycles. The maximum atomic E-state index is 13.7. The first-order chi connectivity index (χ1) is 17.5. The van der Waals surface area contributed by atoms with Crippen molar-refractivity contribution in [1.82, 2.24) is 16.0 Å². The lowest BCUT2D eigenvalue weighted by atomic mass is 9.98. The van der Waals surface area contributed by atoms with Crippen molar-refractivity contribution in [3.63, 3.8) is 0 Å². The summed E-state index contributed by atoms with van der Waals surface area (Å²) >= 11 is 0. The Morgan fingerprint density at radius 3 is 2.43 bits per heavy atom. The number of hydrogen-bond acceptors (Lipinski definition) is 6. The fourth-order valence-electron chi connectivity index (χ4n) is 3.91. The standard InChI is InChI=1S/C25H35F2N3O5S2/c1-4-28-25(34)23(32)20(14-16-9-10-18(26)19(27)13-16)29-24(33)22(15(2)3)30-21(31)8-6-5-7-17-11-12-36-37(17)35/h9-10,13,15,17,20,22H,4-8,11-12,14H2,1-3H3,(H,28,34)(H,29,33)(H,30,31)/t17?,20-,22-,37?/m0/s1. The number of Topliss-reactive ketones (excluding diaryl/α,β-unsaturated/α-hetero) is 1. The van der Waals surface area contributed by atoms with E-state index in [1.54, 1.807) is 20.8 Å². The maximum Gasteiger partial charge on any atom is 0.289 e. The van der Waals surface area contributed by atoms with Crippen molar-refractivity contribution >= 4 is 44.1 Å². The topological polar surface area (TPSA) is 121 Å². The van der Waals surface area contributed by atoms with Gasteiger partial charge in [0.2, 0.25) is 17.6 Å². The molecule has 0 bridgehead atoms. The number of hydrogen-bond donors (Lipinski definition) is 3. The first-order valence-electron chi connectivity index (χ1n) is 12.4. The van der Waals surface area contributed by atoms with Crippen LogP contribution in [0.5, 0.6) is 0 Å². The molecular formula is C25H35F2N3O5S2. The van der Waals surface area contributed by atoms with Crippen LogP contribution in [-0.2, 0) is 35.4 Å². The minimum atomic E-state index is -1.34. The molecule has 2 rings (SSSR count). The molecule has 8 nitrogen and oxygen atoms in total. The lowest BCUT2D eigenvalue weighted by Gasteiger charge is -2.25. The highest BCUT2D eigenvalue weighted by molar-refractivity contribution is 8.69. The normalized spacial score (nSPS) is 18.8. The second-order valence-corrected chi connectivity index (χ2v) is 12.8. The number of ketones is 1. The van der Waals surface area contributed by atoms with E-state index in [0.717, 1.165) is 37.1 Å². The molecule has 1 aliphatic heterocycles. The van der Waals surface area contributed by atoms with Crippen LogP contribution in [0.4, 0.5) is 8.78 Å². The number of benzene rings is 1. The van der Waals surface area contributed by atoms with Crippen molar-refractivity contribution in [2.24, 2.45) is 5.92 Å². The van der Waals surface area contributed by atoms with Gasteiger partial charge >= 0.3 is 0 Å². The Morgan fingerprint density at radius 1 is 1.11 bits per heavy atom. The van der Waals surface area contributed by atoms with Gasteiger partial charge in [-0.3, -0.25) is 19.2 Å². The number of carbonyl (C=O) groups excluding carboxylic acids is 4. The number of halogens is 2. The lowest BCUT2D eigenvalue weighted by Crippen LogP contribution is -2.56. The summed E-state index contributed by atoms with van der Waals surface area (Å²) in [5.41, 5.74) is 0.216. The van der Waals surface area contributed by atoms with E-state index in [2.05, 4.69) is 16.0 Å². The quantitative estimate of drug-likeness (QED) is 0.183. The van der Waals surface area contributed by atoms with Gasteiger partial charge in [-0.05, 0) is 49.8 Å². The van der Waals surface area contributed by atoms with Crippen molar-refractivity contribution in [2.45, 2.75) is 76.6 Å². The second kappa shape index (κ2) is 15.2. The summed E-state index contributed by atoms with van der Waals surface area (Å²) in [4.78, 5) is 50.5. The van der Waals surface area contributed by atoms with E-state index in [9.17, 15) is 32.2 Å². The third kappa shape index (κ3) is 9.81. The van der Waals surface area contributed by atoms with Crippen LogP contribution in [0.15, 0.2) is 18.2 Å². The van der Waals surface area contributed by atoms with Crippen molar-refractivity contribution in [1.29, 1.82) is 0 Å². The summed E-state index contributed by atoms with van der Waals surface area (Å²) < 4.78 is 38.8. The van der Waals surface area contributed by atoms with Gasteiger partial charge in [-0.2, -0.15) is 0 Å². The Kier molecular flexibility index (Phi) is 12.7. The highest BCUT2D eigenvalue weighted by Gasteiger charge is 2.31. The smallest absolute Gasteiger partial charge is 0.289 e. The lowest BCUT2D eigenvalue weighted by molar-refractivity contribution is -0.140. The molecule has 0 aliphatic carbocycles. The average molecular weight is 560 g/mol. The van der Waals surface area contributed by atoms with Crippen LogP contribution in [0, 0.1) is 17.6 Å². The summed E-state index contributed by atoms with van der Waals surface area (Å²) in [6, 6.07) is 0.763. The van der Waals surface area contributed by atoms with Gasteiger partial charge in [-0.15, -0.1) is 0 Å². The molecule has 3 amide bonds. The summed E-state index contributed by atoms with van der Waals surface area (Å²) in [6.45, 7) is 5.28. The van der Waals surface area contributed by atoms with Crippen molar-refractivity contribution < 1.29 is 32.2 Å². The van der Waals surface area contributed by atoms with E-state index in [0.29, 0.717) is 6.42 Å². The molecule has 1 aromatic rings. The summed E-state index contributed by atoms with van der Waals surface area (Å²) in [6.07, 6.45) is 3.00. The van der Waals surface area contributed by atoms with Crippen LogP contribution in [-0.4, -0.2) is 57.3 Å². The number of carbonyl (C=O) groups is 4. The van der Waals surface area contributed by atoms with Gasteiger partial charge in [-0.1, -0.05) is 37.1 Å². The Balaban J connectivity index is 2.01. The van der Waals surface area contributed by atoms with E-state index < -0.39 is 51.1 Å². The zero-order valence-corrected chi connectivity index (χ0v) is 22.9. The van der Waals surface area contributed by atoms with Crippen LogP contribution in [0.25, 0.3) is 0 Å². The number of rotatable bonds is 14. The molecule has 0 aromatic heterocycles. The second-order valence-electron chi connectivity index (χ2n) is 9.27. The van der Waals surface area contributed by atoms with Crippen molar-refractivity contribution in [3.8, 4) is 0 Å². The molecule has 2 unspecified atom stereocenters. The Morgan fingerprint density at radius 2 is 1.84 bits per heavy atom. The molecular weight excluding hydrogens is 524 g/mol. The van der Waals surface area contributed by atoms with Crippen LogP contribution in [0.2, 0.25) is 0 Å². The largest absolute Gasteiger partial charge is 0.350 e. The fraction of sp³-hybridized carbons (Fsp3) is 0.600. The first kappa shape index (κ1) is 30.9. The predicted molar refractivity (Wildman–Crippen MR) is 140 cm³/mol. The zero-order chi connectivity index (χ0) is 27.5. The zero-order valence-electron chi connectivity index (χ0n) is 21.3. The third-order valence-electron chi connectivity index (χ3n) is 5.97. The molecule has 1 aromatic carbocycles. The molecule has 3 N–H and O–H groups in total. The van der Waals surface area contributed by atoms with Crippen molar-refractivity contribution in [3.05, 3.63) is 35.4 Å². The minimum Gasteiger partial charge on any atom is -0.350 e. The van der Waals surface area contributed by atoms with Crippen LogP contribution >= 0.6 is 10.8 Å². The molecule has 0 radical (unpaired) electrons. The average Bonchev–Trinajstić information content (AvgIpc) is 3.26. The molecule has 1 aliphatic rings. The van der Waals surface area contributed by atoms with Gasteiger partial charge in [0.25, 0.3) is 5.91 Å². The summed E-state index contributed by atoms with van der Waals surface area (Å²) in [5.74, 6) is -4.45. The number of unbranched alkanes of at least 4 members (excludes halogenated alkanes) is 1. The molecule has 12 heteroatoms. The van der Waals surface area contributed by atoms with Gasteiger partial charge in [0.15, 0.2) is 11.6 Å². The minimum absolute atomic E-state index is 0.163. The van der Waals surface area contributed by atoms with Gasteiger partial charge in [-0.25, -0.2) is 13.0 Å². The predicted octanol–water partition coefficient (Wildman–Crippen LogP) is 2.57. The van der Waals surface area contributed by atoms with Crippen LogP contribution in [0.3, 0.4) is 0 Å². The van der Waals surface area contributed by atoms with E-state index in [1.165, 1.54) is 16.9 Å². The number of likely N-dealkylation sites (N-methyl/N-ethyl adjacent to an activating group) is 1. The van der Waals surface area contributed by atoms with Crippen molar-refractivity contribution in [2.75, 3.05) is 12.3 Å². The van der Waals surface area contributed by atoms with Gasteiger partial charge in [0.05, 0.1) is 9.83 Å². The fourth-order valence-corrected chi connectivity index (χ4v) is 7.40. The summed E-state index contributed by atoms with van der Waals surface area (Å²) in [5, 5.41) is 7.75. The molecule has 1 heterocycles. The number of amides is 3. The Labute approximate surface area is 222 Å². The molecule has 37 heavy (non-hydrogen) atoms. The molecule has 206 valence electrons. The van der Waals surface area contributed by atoms with Gasteiger partial charge in [0.1, 0.15) is 12.1 Å². The van der Waals surface area contributed by atoms with E-state index in [4.69, 9.17) is 0 Å². The molecule has 0 spiro atoms. The summed E-state index contributed by atoms with van der Waals surface area (Å²) in [7, 11) is 0.601. The first-order valence-corrected chi connectivity index (χ1v) is 15.1. The van der Waals surface area contributed by atoms with Gasteiger partial charge < -0.3 is 16.0 Å². The monoisotopic (exact) mass is 559 g/mol. The maximum absolute atomic E-state index is 13.7. The van der Waals surface area contributed by atoms with Crippen LogP contribution in [0.1, 0.15) is 58.4 Å². The molecule has 1 saturated heterocycles. The third-order valence-corrected chi connectivity index (χ3v) is 9.64. The van der Waals surface area contributed by atoms with E-state index >= 15 is 0 Å². The highest BCUT2D eigenvalue weighted by Crippen LogP contribution is 2.29. The van der Waals surface area contributed by atoms with E-state index in [1.807, 2.05) is 0 Å². The van der Waals surface area contributed by atoms with E-state index in [-0.39, 0.29) is 42.0 Å². The van der Waals surface area contributed by atoms with Crippen LogP contribution < -0.4 is 16.0 Å². The van der Waals surface area contributed by atoms with Gasteiger partial charge in [0, 0.05) is 30.4 Å². The Bertz CT molecular complexity index is 1010. The molecule has 4 atom stereocenters.